The Morgan fingerprint density at radius 1 is 1.46 bits per heavy atom. The van der Waals surface area contributed by atoms with Gasteiger partial charge >= 0.3 is 0 Å². The molecule has 1 rings (SSSR count). The highest BCUT2D eigenvalue weighted by atomic mass is 16.1. The van der Waals surface area contributed by atoms with Crippen molar-refractivity contribution in [3.05, 3.63) is 21.6 Å². The van der Waals surface area contributed by atoms with Crippen LogP contribution in [0, 0.1) is 13.8 Å². The average Bonchev–Trinajstić information content (AvgIpc) is 2.10. The predicted octanol–water partition coefficient (Wildman–Crippen LogP) is 1.21. The maximum atomic E-state index is 11.3. The Kier molecular flexibility index (Phi) is 3.06. The third kappa shape index (κ3) is 2.31. The molecule has 1 aromatic heterocycles. The largest absolute Gasteiger partial charge is 0.356 e. The number of anilines is 1. The third-order valence-electron chi connectivity index (χ3n) is 1.94. The van der Waals surface area contributed by atoms with Crippen molar-refractivity contribution in [2.75, 3.05) is 11.9 Å². The van der Waals surface area contributed by atoms with Gasteiger partial charge in [-0.2, -0.15) is 0 Å². The number of aromatic nitrogens is 2. The van der Waals surface area contributed by atoms with Gasteiger partial charge < -0.3 is 5.32 Å². The molecule has 0 fully saturated rings. The maximum Gasteiger partial charge on any atom is 0.255 e. The normalized spacial score (nSPS) is 10.1. The van der Waals surface area contributed by atoms with E-state index in [-0.39, 0.29) is 5.56 Å². The lowest BCUT2D eigenvalue weighted by atomic mass is 10.3. The molecule has 0 aliphatic carbocycles. The van der Waals surface area contributed by atoms with Crippen LogP contribution in [-0.4, -0.2) is 16.5 Å². The Morgan fingerprint density at radius 3 is 2.69 bits per heavy atom. The first-order chi connectivity index (χ1) is 6.15. The van der Waals surface area contributed by atoms with E-state index in [2.05, 4.69) is 22.2 Å². The number of nitrogens with zero attached hydrogens (tertiary/aromatic N) is 1. The summed E-state index contributed by atoms with van der Waals surface area (Å²) >= 11 is 0. The van der Waals surface area contributed by atoms with Gasteiger partial charge in [0.15, 0.2) is 0 Å². The van der Waals surface area contributed by atoms with Crippen molar-refractivity contribution in [1.82, 2.24) is 9.97 Å². The molecule has 0 unspecified atom stereocenters. The Hall–Kier alpha value is -1.32. The first-order valence-electron chi connectivity index (χ1n) is 4.46. The monoisotopic (exact) mass is 181 g/mol. The van der Waals surface area contributed by atoms with Gasteiger partial charge in [0.2, 0.25) is 5.95 Å². The molecular weight excluding hydrogens is 166 g/mol. The molecule has 0 spiro atoms. The number of H-pyrrole nitrogens is 1. The molecule has 1 heterocycles. The van der Waals surface area contributed by atoms with Crippen molar-refractivity contribution in [2.24, 2.45) is 0 Å². The van der Waals surface area contributed by atoms with E-state index in [1.165, 1.54) is 0 Å². The van der Waals surface area contributed by atoms with Gasteiger partial charge in [-0.1, -0.05) is 6.92 Å². The maximum absolute atomic E-state index is 11.3. The van der Waals surface area contributed by atoms with Gasteiger partial charge in [0, 0.05) is 17.8 Å². The second-order valence-corrected chi connectivity index (χ2v) is 3.05. The van der Waals surface area contributed by atoms with Crippen LogP contribution in [0.15, 0.2) is 4.79 Å². The van der Waals surface area contributed by atoms with E-state index in [9.17, 15) is 4.79 Å². The van der Waals surface area contributed by atoms with E-state index < -0.39 is 0 Å². The number of aromatic amines is 1. The van der Waals surface area contributed by atoms with Crippen molar-refractivity contribution in [3.8, 4) is 0 Å². The van der Waals surface area contributed by atoms with Crippen molar-refractivity contribution in [2.45, 2.75) is 27.2 Å². The minimum absolute atomic E-state index is 0.0638. The lowest BCUT2D eigenvalue weighted by Crippen LogP contribution is -2.17. The molecule has 0 atom stereocenters. The van der Waals surface area contributed by atoms with Crippen molar-refractivity contribution < 1.29 is 0 Å². The minimum Gasteiger partial charge on any atom is -0.356 e. The van der Waals surface area contributed by atoms with Crippen LogP contribution >= 0.6 is 0 Å². The summed E-state index contributed by atoms with van der Waals surface area (Å²) in [4.78, 5) is 18.2. The zero-order valence-corrected chi connectivity index (χ0v) is 8.27. The highest BCUT2D eigenvalue weighted by Crippen LogP contribution is 2.00. The molecule has 0 saturated carbocycles. The van der Waals surface area contributed by atoms with Crippen LogP contribution < -0.4 is 10.9 Å². The summed E-state index contributed by atoms with van der Waals surface area (Å²) in [6.07, 6.45) is 1.01. The summed E-state index contributed by atoms with van der Waals surface area (Å²) in [5.74, 6) is 0.565. The van der Waals surface area contributed by atoms with Crippen molar-refractivity contribution >= 4 is 5.95 Å². The number of hydrogen-bond donors (Lipinski definition) is 2. The van der Waals surface area contributed by atoms with E-state index in [0.29, 0.717) is 11.5 Å². The van der Waals surface area contributed by atoms with E-state index in [1.54, 1.807) is 6.92 Å². The fourth-order valence-electron chi connectivity index (χ4n) is 0.972. The third-order valence-corrected chi connectivity index (χ3v) is 1.94. The molecule has 0 saturated heterocycles. The highest BCUT2D eigenvalue weighted by molar-refractivity contribution is 5.28. The van der Waals surface area contributed by atoms with Crippen LogP contribution in [0.1, 0.15) is 24.6 Å². The molecule has 0 aliphatic rings. The molecule has 4 nitrogen and oxygen atoms in total. The van der Waals surface area contributed by atoms with E-state index in [1.807, 2.05) is 6.92 Å². The molecular formula is C9H15N3O. The topological polar surface area (TPSA) is 57.8 Å². The molecule has 2 N–H and O–H groups in total. The summed E-state index contributed by atoms with van der Waals surface area (Å²) in [7, 11) is 0. The summed E-state index contributed by atoms with van der Waals surface area (Å²) in [5.41, 5.74) is 1.40. The number of aryl methyl sites for hydroxylation is 1. The Morgan fingerprint density at radius 2 is 2.15 bits per heavy atom. The molecule has 0 radical (unpaired) electrons. The average molecular weight is 181 g/mol. The number of hydrogen-bond acceptors (Lipinski definition) is 3. The summed E-state index contributed by atoms with van der Waals surface area (Å²) in [5, 5.41) is 3.04. The lowest BCUT2D eigenvalue weighted by molar-refractivity contribution is 0.931. The van der Waals surface area contributed by atoms with E-state index in [0.717, 1.165) is 18.7 Å². The molecule has 72 valence electrons. The van der Waals surface area contributed by atoms with Crippen LogP contribution in [0.4, 0.5) is 5.95 Å². The molecule has 0 bridgehead atoms. The first kappa shape index (κ1) is 9.77. The van der Waals surface area contributed by atoms with Crippen molar-refractivity contribution in [1.29, 1.82) is 0 Å². The van der Waals surface area contributed by atoms with Gasteiger partial charge in [-0.3, -0.25) is 9.78 Å². The van der Waals surface area contributed by atoms with Crippen LogP contribution in [-0.2, 0) is 0 Å². The molecule has 0 aromatic carbocycles. The predicted molar refractivity (Wildman–Crippen MR) is 53.1 cm³/mol. The van der Waals surface area contributed by atoms with Crippen LogP contribution in [0.25, 0.3) is 0 Å². The van der Waals surface area contributed by atoms with Crippen molar-refractivity contribution in [3.63, 3.8) is 0 Å². The highest BCUT2D eigenvalue weighted by Gasteiger charge is 2.01. The number of rotatable bonds is 3. The SMILES string of the molecule is CCCNc1nc(C)c(C)c(=O)[nH]1. The van der Waals surface area contributed by atoms with Gasteiger partial charge in [-0.05, 0) is 20.3 Å². The molecule has 13 heavy (non-hydrogen) atoms. The second-order valence-electron chi connectivity index (χ2n) is 3.05. The van der Waals surface area contributed by atoms with E-state index in [4.69, 9.17) is 0 Å². The first-order valence-corrected chi connectivity index (χ1v) is 4.46. The van der Waals surface area contributed by atoms with Gasteiger partial charge in [-0.25, -0.2) is 4.98 Å². The van der Waals surface area contributed by atoms with E-state index >= 15 is 0 Å². The zero-order chi connectivity index (χ0) is 9.84. The summed E-state index contributed by atoms with van der Waals surface area (Å²) in [6, 6.07) is 0. The molecule has 0 amide bonds. The Labute approximate surface area is 77.4 Å². The summed E-state index contributed by atoms with van der Waals surface area (Å²) in [6.45, 7) is 6.49. The number of nitrogens with one attached hydrogen (secondary N) is 2. The minimum atomic E-state index is -0.0638. The lowest BCUT2D eigenvalue weighted by Gasteiger charge is -2.05. The van der Waals surface area contributed by atoms with Crippen LogP contribution in [0.2, 0.25) is 0 Å². The Bertz CT molecular complexity index is 343. The molecule has 4 heteroatoms. The van der Waals surface area contributed by atoms with Gasteiger partial charge in [0.25, 0.3) is 5.56 Å². The van der Waals surface area contributed by atoms with Crippen LogP contribution in [0.5, 0.6) is 0 Å². The smallest absolute Gasteiger partial charge is 0.255 e. The van der Waals surface area contributed by atoms with Gasteiger partial charge in [0.1, 0.15) is 0 Å². The fourth-order valence-corrected chi connectivity index (χ4v) is 0.972. The zero-order valence-electron chi connectivity index (χ0n) is 8.27. The quantitative estimate of drug-likeness (QED) is 0.736. The molecule has 1 aromatic rings. The molecule has 0 aliphatic heterocycles. The fraction of sp³-hybridized carbons (Fsp3) is 0.556. The second kappa shape index (κ2) is 4.07. The van der Waals surface area contributed by atoms with Crippen LogP contribution in [0.3, 0.4) is 0 Å². The summed E-state index contributed by atoms with van der Waals surface area (Å²) < 4.78 is 0. The Balaban J connectivity index is 2.93. The standard InChI is InChI=1S/C9H15N3O/c1-4-5-10-9-11-7(3)6(2)8(13)12-9/h4-5H2,1-3H3,(H2,10,11,12,13). The van der Waals surface area contributed by atoms with Gasteiger partial charge in [-0.15, -0.1) is 0 Å². The van der Waals surface area contributed by atoms with Gasteiger partial charge in [0.05, 0.1) is 0 Å².